The van der Waals surface area contributed by atoms with Crippen LogP contribution in [0.3, 0.4) is 0 Å². The molecule has 0 saturated carbocycles. The lowest BCUT2D eigenvalue weighted by Crippen LogP contribution is -2.24. The van der Waals surface area contributed by atoms with Gasteiger partial charge in [0.1, 0.15) is 10.5 Å². The molecule has 4 rings (SSSR count). The van der Waals surface area contributed by atoms with Gasteiger partial charge >= 0.3 is 0 Å². The maximum absolute atomic E-state index is 13.3. The van der Waals surface area contributed by atoms with Crippen LogP contribution in [-0.4, -0.2) is 21.2 Å². The van der Waals surface area contributed by atoms with Crippen molar-refractivity contribution in [2.75, 3.05) is 11.1 Å². The Morgan fingerprint density at radius 1 is 1.16 bits per heavy atom. The van der Waals surface area contributed by atoms with E-state index in [2.05, 4.69) is 10.3 Å². The summed E-state index contributed by atoms with van der Waals surface area (Å²) in [5.74, 6) is -0.385. The molecule has 0 atom stereocenters. The fourth-order valence-corrected chi connectivity index (χ4v) is 4.79. The summed E-state index contributed by atoms with van der Waals surface area (Å²) in [5, 5.41) is 5.22. The molecule has 0 fully saturated rings. The van der Waals surface area contributed by atoms with Crippen LogP contribution < -0.4 is 10.9 Å². The number of thioether (sulfide) groups is 1. The number of carbonyl (C=O) groups excluding carboxylic acids is 1. The lowest BCUT2D eigenvalue weighted by Gasteiger charge is -2.13. The Morgan fingerprint density at radius 3 is 2.71 bits per heavy atom. The molecule has 4 aromatic rings. The number of nitrogens with zero attached hydrogens (tertiary/aromatic N) is 2. The predicted octanol–water partition coefficient (Wildman–Crippen LogP) is 4.94. The van der Waals surface area contributed by atoms with Crippen molar-refractivity contribution in [2.45, 2.75) is 25.0 Å². The van der Waals surface area contributed by atoms with Crippen LogP contribution in [0.5, 0.6) is 0 Å². The number of nitrogens with one attached hydrogen (secondary N) is 1. The maximum atomic E-state index is 13.3. The van der Waals surface area contributed by atoms with E-state index in [4.69, 9.17) is 0 Å². The van der Waals surface area contributed by atoms with E-state index in [0.717, 1.165) is 23.2 Å². The second kappa shape index (κ2) is 9.45. The van der Waals surface area contributed by atoms with Gasteiger partial charge in [0.05, 0.1) is 17.8 Å². The van der Waals surface area contributed by atoms with Crippen molar-refractivity contribution in [3.8, 4) is 0 Å². The summed E-state index contributed by atoms with van der Waals surface area (Å²) < 4.78 is 15.4. The number of amides is 1. The average molecular weight is 454 g/mol. The smallest absolute Gasteiger partial charge is 0.272 e. The van der Waals surface area contributed by atoms with Crippen LogP contribution in [0.2, 0.25) is 0 Å². The van der Waals surface area contributed by atoms with Gasteiger partial charge in [0.15, 0.2) is 5.16 Å². The molecule has 0 saturated heterocycles. The Labute approximate surface area is 187 Å². The Kier molecular flexibility index (Phi) is 6.48. The molecule has 0 radical (unpaired) electrons. The van der Waals surface area contributed by atoms with Gasteiger partial charge in [-0.1, -0.05) is 49.0 Å². The largest absolute Gasteiger partial charge is 0.325 e. The molecule has 1 amide bonds. The molecule has 0 aliphatic carbocycles. The SMILES string of the molecule is CCc1ccccc1NC(=O)CSc1nc2ccsc2c(=O)n1Cc1ccc(F)cc1. The van der Waals surface area contributed by atoms with E-state index in [-0.39, 0.29) is 29.6 Å². The topological polar surface area (TPSA) is 64.0 Å². The minimum absolute atomic E-state index is 0.115. The summed E-state index contributed by atoms with van der Waals surface area (Å²) in [6, 6.07) is 15.5. The standard InChI is InChI=1S/C23H20FN3O2S2/c1-2-16-5-3-4-6-18(16)25-20(28)14-31-23-26-19-11-12-30-21(19)22(29)27(23)13-15-7-9-17(24)10-8-15/h3-12H,2,13-14H2,1H3,(H,25,28). The molecule has 0 aliphatic rings. The van der Waals surface area contributed by atoms with Crippen LogP contribution in [0.15, 0.2) is 69.9 Å². The van der Waals surface area contributed by atoms with Gasteiger partial charge in [-0.15, -0.1) is 11.3 Å². The number of hydrogen-bond donors (Lipinski definition) is 1. The number of hydrogen-bond acceptors (Lipinski definition) is 5. The van der Waals surface area contributed by atoms with Gasteiger partial charge in [-0.2, -0.15) is 0 Å². The third-order valence-corrected chi connectivity index (χ3v) is 6.66. The van der Waals surface area contributed by atoms with Gasteiger partial charge < -0.3 is 5.32 Å². The second-order valence-electron chi connectivity index (χ2n) is 6.89. The van der Waals surface area contributed by atoms with Crippen LogP contribution in [0.25, 0.3) is 10.2 Å². The third kappa shape index (κ3) is 4.86. The molecule has 31 heavy (non-hydrogen) atoms. The van der Waals surface area contributed by atoms with E-state index >= 15 is 0 Å². The quantitative estimate of drug-likeness (QED) is 0.318. The van der Waals surface area contributed by atoms with Crippen molar-refractivity contribution in [3.63, 3.8) is 0 Å². The number of aromatic nitrogens is 2. The number of rotatable bonds is 7. The van der Waals surface area contributed by atoms with Gasteiger partial charge in [-0.05, 0) is 47.2 Å². The van der Waals surface area contributed by atoms with E-state index in [1.165, 1.54) is 35.2 Å². The normalized spacial score (nSPS) is 11.0. The molecule has 1 N–H and O–H groups in total. The van der Waals surface area contributed by atoms with E-state index in [9.17, 15) is 14.0 Å². The zero-order chi connectivity index (χ0) is 21.8. The molecule has 0 spiro atoms. The zero-order valence-corrected chi connectivity index (χ0v) is 18.4. The molecule has 2 aromatic heterocycles. The highest BCUT2D eigenvalue weighted by molar-refractivity contribution is 7.99. The molecular weight excluding hydrogens is 433 g/mol. The Hall–Kier alpha value is -2.97. The first-order chi connectivity index (χ1) is 15.0. The first-order valence-corrected chi connectivity index (χ1v) is 11.6. The Morgan fingerprint density at radius 2 is 1.94 bits per heavy atom. The van der Waals surface area contributed by atoms with Crippen LogP contribution in [0.1, 0.15) is 18.1 Å². The van der Waals surface area contributed by atoms with Gasteiger partial charge in [-0.25, -0.2) is 9.37 Å². The van der Waals surface area contributed by atoms with Crippen molar-refractivity contribution in [3.05, 3.63) is 87.3 Å². The molecule has 158 valence electrons. The number of thiophene rings is 1. The van der Waals surface area contributed by atoms with Crippen molar-refractivity contribution < 1.29 is 9.18 Å². The number of fused-ring (bicyclic) bond motifs is 1. The molecule has 2 aromatic carbocycles. The van der Waals surface area contributed by atoms with Crippen molar-refractivity contribution in [1.82, 2.24) is 9.55 Å². The van der Waals surface area contributed by atoms with Gasteiger partial charge in [-0.3, -0.25) is 14.2 Å². The minimum atomic E-state index is -0.332. The van der Waals surface area contributed by atoms with Gasteiger partial charge in [0.25, 0.3) is 5.56 Å². The molecule has 2 heterocycles. The highest BCUT2D eigenvalue weighted by Crippen LogP contribution is 2.23. The molecular formula is C23H20FN3O2S2. The first kappa shape index (κ1) is 21.3. The van der Waals surface area contributed by atoms with E-state index in [0.29, 0.717) is 15.4 Å². The molecule has 5 nitrogen and oxygen atoms in total. The number of carbonyl (C=O) groups is 1. The van der Waals surface area contributed by atoms with Crippen LogP contribution >= 0.6 is 23.1 Å². The summed E-state index contributed by atoms with van der Waals surface area (Å²) in [4.78, 5) is 30.2. The molecule has 0 aliphatic heterocycles. The summed E-state index contributed by atoms with van der Waals surface area (Å²) in [6.07, 6.45) is 0.817. The van der Waals surface area contributed by atoms with Crippen LogP contribution in [0, 0.1) is 5.82 Å². The van der Waals surface area contributed by atoms with E-state index in [1.807, 2.05) is 36.6 Å². The fraction of sp³-hybridized carbons (Fsp3) is 0.174. The van der Waals surface area contributed by atoms with Gasteiger partial charge in [0.2, 0.25) is 5.91 Å². The van der Waals surface area contributed by atoms with Crippen molar-refractivity contribution in [2.24, 2.45) is 0 Å². The van der Waals surface area contributed by atoms with E-state index in [1.54, 1.807) is 22.8 Å². The minimum Gasteiger partial charge on any atom is -0.325 e. The lowest BCUT2D eigenvalue weighted by molar-refractivity contribution is -0.113. The number of anilines is 1. The van der Waals surface area contributed by atoms with Crippen molar-refractivity contribution in [1.29, 1.82) is 0 Å². The summed E-state index contributed by atoms with van der Waals surface area (Å²) >= 11 is 2.55. The maximum Gasteiger partial charge on any atom is 0.272 e. The molecule has 0 unspecified atom stereocenters. The number of halogens is 1. The summed E-state index contributed by atoms with van der Waals surface area (Å²) in [7, 11) is 0. The molecule has 0 bridgehead atoms. The highest BCUT2D eigenvalue weighted by Gasteiger charge is 2.15. The number of para-hydroxylation sites is 1. The van der Waals surface area contributed by atoms with Crippen molar-refractivity contribution >= 4 is 44.9 Å². The summed E-state index contributed by atoms with van der Waals surface area (Å²) in [6.45, 7) is 2.29. The predicted molar refractivity (Wildman–Crippen MR) is 125 cm³/mol. The van der Waals surface area contributed by atoms with Crippen LogP contribution in [-0.2, 0) is 17.8 Å². The average Bonchev–Trinajstić information content (AvgIpc) is 3.25. The van der Waals surface area contributed by atoms with Crippen LogP contribution in [0.4, 0.5) is 10.1 Å². The number of aryl methyl sites for hydroxylation is 1. The third-order valence-electron chi connectivity index (χ3n) is 4.79. The monoisotopic (exact) mass is 453 g/mol. The van der Waals surface area contributed by atoms with Gasteiger partial charge in [0, 0.05) is 5.69 Å². The molecule has 8 heteroatoms. The highest BCUT2D eigenvalue weighted by atomic mass is 32.2. The number of benzene rings is 2. The second-order valence-corrected chi connectivity index (χ2v) is 8.75. The zero-order valence-electron chi connectivity index (χ0n) is 16.8. The van der Waals surface area contributed by atoms with E-state index < -0.39 is 0 Å². The Bertz CT molecular complexity index is 1280. The fourth-order valence-electron chi connectivity index (χ4n) is 3.21. The Balaban J connectivity index is 1.58. The summed E-state index contributed by atoms with van der Waals surface area (Å²) in [5.41, 5.74) is 3.09. The first-order valence-electron chi connectivity index (χ1n) is 9.78. The lowest BCUT2D eigenvalue weighted by atomic mass is 10.1.